The Morgan fingerprint density at radius 2 is 0.800 bits per heavy atom. The minimum atomic E-state index is 0.599. The first kappa shape index (κ1) is 16.4. The fourth-order valence-electron chi connectivity index (χ4n) is 2.12. The Morgan fingerprint density at radius 3 is 1.00 bits per heavy atom. The molecule has 0 amide bonds. The summed E-state index contributed by atoms with van der Waals surface area (Å²) in [5.41, 5.74) is 5.40. The Bertz CT molecular complexity index is 446. The van der Waals surface area contributed by atoms with Crippen LogP contribution in [0.15, 0.2) is 48.5 Å². The van der Waals surface area contributed by atoms with E-state index in [9.17, 15) is 0 Å². The predicted molar refractivity (Wildman–Crippen MR) is 85.3 cm³/mol. The van der Waals surface area contributed by atoms with Crippen molar-refractivity contribution in [2.75, 3.05) is 0 Å². The van der Waals surface area contributed by atoms with Crippen molar-refractivity contribution in [2.45, 2.75) is 39.5 Å². The molecule has 0 unspecified atom stereocenters. The van der Waals surface area contributed by atoms with Crippen molar-refractivity contribution in [1.82, 2.24) is 0 Å². The third-order valence-electron chi connectivity index (χ3n) is 3.49. The first-order valence-corrected chi connectivity index (χ1v) is 6.98. The van der Waals surface area contributed by atoms with E-state index in [0.717, 1.165) is 0 Å². The molecule has 0 spiro atoms. The standard InChI is InChI=1S/C18H22.H2O2/c1-13(2)15-5-9-17(10-6-15)18-11-7-16(8-12-18)14(3)4;1-2/h5-14H,1-4H3;1-2H. The summed E-state index contributed by atoms with van der Waals surface area (Å²) in [5, 5.41) is 12.0. The zero-order chi connectivity index (χ0) is 15.1. The Morgan fingerprint density at radius 1 is 0.550 bits per heavy atom. The molecule has 0 saturated heterocycles. The van der Waals surface area contributed by atoms with Gasteiger partial charge in [-0.1, -0.05) is 76.2 Å². The summed E-state index contributed by atoms with van der Waals surface area (Å²) in [6.07, 6.45) is 0. The van der Waals surface area contributed by atoms with Gasteiger partial charge in [0.15, 0.2) is 0 Å². The second-order valence-electron chi connectivity index (χ2n) is 5.55. The molecule has 0 radical (unpaired) electrons. The molecule has 108 valence electrons. The summed E-state index contributed by atoms with van der Waals surface area (Å²) in [7, 11) is 0. The van der Waals surface area contributed by atoms with Crippen LogP contribution in [-0.4, -0.2) is 10.5 Å². The van der Waals surface area contributed by atoms with Crippen LogP contribution in [0.4, 0.5) is 0 Å². The highest BCUT2D eigenvalue weighted by molar-refractivity contribution is 5.64. The molecule has 0 atom stereocenters. The van der Waals surface area contributed by atoms with E-state index in [1.165, 1.54) is 22.3 Å². The smallest absolute Gasteiger partial charge is 0.0184 e. The van der Waals surface area contributed by atoms with Crippen molar-refractivity contribution >= 4 is 0 Å². The van der Waals surface area contributed by atoms with E-state index in [1.807, 2.05) is 0 Å². The van der Waals surface area contributed by atoms with Crippen LogP contribution in [-0.2, 0) is 0 Å². The van der Waals surface area contributed by atoms with E-state index in [-0.39, 0.29) is 0 Å². The molecular formula is C18H24O2. The molecule has 20 heavy (non-hydrogen) atoms. The highest BCUT2D eigenvalue weighted by Gasteiger charge is 2.02. The zero-order valence-electron chi connectivity index (χ0n) is 12.7. The Kier molecular flexibility index (Phi) is 6.43. The van der Waals surface area contributed by atoms with Gasteiger partial charge in [0.2, 0.25) is 0 Å². The van der Waals surface area contributed by atoms with Gasteiger partial charge in [0.05, 0.1) is 0 Å². The molecule has 2 aromatic carbocycles. The molecule has 0 fully saturated rings. The summed E-state index contributed by atoms with van der Waals surface area (Å²) in [6.45, 7) is 8.91. The number of benzene rings is 2. The van der Waals surface area contributed by atoms with Gasteiger partial charge in [-0.25, -0.2) is 0 Å². The lowest BCUT2D eigenvalue weighted by molar-refractivity contribution is -0.176. The van der Waals surface area contributed by atoms with Crippen LogP contribution in [0.2, 0.25) is 0 Å². The molecule has 0 saturated carbocycles. The molecule has 0 aliphatic heterocycles. The number of hydrogen-bond acceptors (Lipinski definition) is 2. The van der Waals surface area contributed by atoms with Crippen molar-refractivity contribution in [3.8, 4) is 11.1 Å². The van der Waals surface area contributed by atoms with E-state index in [4.69, 9.17) is 10.5 Å². The number of rotatable bonds is 3. The van der Waals surface area contributed by atoms with Crippen LogP contribution >= 0.6 is 0 Å². The average Bonchev–Trinajstić information content (AvgIpc) is 2.49. The molecule has 0 aromatic heterocycles. The van der Waals surface area contributed by atoms with Crippen molar-refractivity contribution in [2.24, 2.45) is 0 Å². The minimum Gasteiger partial charge on any atom is -0.255 e. The summed E-state index contributed by atoms with van der Waals surface area (Å²) in [6, 6.07) is 17.8. The molecule has 2 heteroatoms. The van der Waals surface area contributed by atoms with E-state index < -0.39 is 0 Å². The van der Waals surface area contributed by atoms with Crippen LogP contribution in [0.1, 0.15) is 50.7 Å². The van der Waals surface area contributed by atoms with Gasteiger partial charge in [0, 0.05) is 0 Å². The summed E-state index contributed by atoms with van der Waals surface area (Å²) < 4.78 is 0. The monoisotopic (exact) mass is 272 g/mol. The molecule has 0 aliphatic carbocycles. The van der Waals surface area contributed by atoms with Gasteiger partial charge in [0.1, 0.15) is 0 Å². The Hall–Kier alpha value is -1.64. The highest BCUT2D eigenvalue weighted by Crippen LogP contribution is 2.24. The van der Waals surface area contributed by atoms with Crippen molar-refractivity contribution in [1.29, 1.82) is 0 Å². The molecule has 2 N–H and O–H groups in total. The topological polar surface area (TPSA) is 40.5 Å². The molecule has 2 nitrogen and oxygen atoms in total. The lowest BCUT2D eigenvalue weighted by Crippen LogP contribution is -1.88. The predicted octanol–water partition coefficient (Wildman–Crippen LogP) is 5.62. The molecule has 0 heterocycles. The second-order valence-corrected chi connectivity index (χ2v) is 5.55. The van der Waals surface area contributed by atoms with Gasteiger partial charge in [-0.05, 0) is 34.1 Å². The number of hydrogen-bond donors (Lipinski definition) is 2. The normalized spacial score (nSPS) is 10.4. The van der Waals surface area contributed by atoms with Crippen LogP contribution in [0.25, 0.3) is 11.1 Å². The van der Waals surface area contributed by atoms with E-state index in [2.05, 4.69) is 76.2 Å². The summed E-state index contributed by atoms with van der Waals surface area (Å²) >= 11 is 0. The third-order valence-corrected chi connectivity index (χ3v) is 3.49. The highest BCUT2D eigenvalue weighted by atomic mass is 17.0. The maximum absolute atomic E-state index is 6.00. The largest absolute Gasteiger partial charge is 0.255 e. The first-order chi connectivity index (χ1) is 9.58. The maximum Gasteiger partial charge on any atom is -0.0184 e. The molecule has 0 bridgehead atoms. The van der Waals surface area contributed by atoms with Gasteiger partial charge in [0.25, 0.3) is 0 Å². The summed E-state index contributed by atoms with van der Waals surface area (Å²) in [4.78, 5) is 0. The van der Waals surface area contributed by atoms with Gasteiger partial charge in [-0.2, -0.15) is 0 Å². The van der Waals surface area contributed by atoms with Gasteiger partial charge >= 0.3 is 0 Å². The van der Waals surface area contributed by atoms with Crippen LogP contribution in [0, 0.1) is 0 Å². The minimum absolute atomic E-state index is 0.599. The fourth-order valence-corrected chi connectivity index (χ4v) is 2.12. The average molecular weight is 272 g/mol. The molecule has 0 aliphatic rings. The van der Waals surface area contributed by atoms with Gasteiger partial charge in [-0.15, -0.1) is 0 Å². The van der Waals surface area contributed by atoms with E-state index in [1.54, 1.807) is 0 Å². The fraction of sp³-hybridized carbons (Fsp3) is 0.333. The maximum atomic E-state index is 6.00. The van der Waals surface area contributed by atoms with Crippen LogP contribution in [0.5, 0.6) is 0 Å². The summed E-state index contributed by atoms with van der Waals surface area (Å²) in [5.74, 6) is 1.20. The zero-order valence-corrected chi connectivity index (χ0v) is 12.7. The molecular weight excluding hydrogens is 248 g/mol. The van der Waals surface area contributed by atoms with Crippen molar-refractivity contribution < 1.29 is 10.5 Å². The third kappa shape index (κ3) is 4.19. The lowest BCUT2D eigenvalue weighted by Gasteiger charge is -2.09. The Balaban J connectivity index is 0.000000956. The van der Waals surface area contributed by atoms with Crippen molar-refractivity contribution in [3.05, 3.63) is 59.7 Å². The van der Waals surface area contributed by atoms with Crippen molar-refractivity contribution in [3.63, 3.8) is 0 Å². The van der Waals surface area contributed by atoms with Gasteiger partial charge < -0.3 is 0 Å². The molecule has 2 rings (SSSR count). The first-order valence-electron chi connectivity index (χ1n) is 6.98. The quantitative estimate of drug-likeness (QED) is 0.562. The van der Waals surface area contributed by atoms with Crippen LogP contribution in [0.3, 0.4) is 0 Å². The second kappa shape index (κ2) is 7.83. The lowest BCUT2D eigenvalue weighted by atomic mass is 9.96. The molecule has 2 aromatic rings. The Labute approximate surface area is 121 Å². The van der Waals surface area contributed by atoms with E-state index in [0.29, 0.717) is 11.8 Å². The van der Waals surface area contributed by atoms with Crippen LogP contribution < -0.4 is 0 Å². The van der Waals surface area contributed by atoms with E-state index >= 15 is 0 Å². The van der Waals surface area contributed by atoms with Gasteiger partial charge in [-0.3, -0.25) is 10.5 Å². The SMILES string of the molecule is CC(C)c1ccc(-c2ccc(C(C)C)cc2)cc1.OO.